The monoisotopic (exact) mass is 569 g/mol. The number of rotatable bonds is 14. The van der Waals surface area contributed by atoms with Crippen molar-refractivity contribution in [2.45, 2.75) is 91.3 Å². The highest BCUT2D eigenvalue weighted by Gasteiger charge is 2.36. The molecule has 0 aromatic heterocycles. The maximum Gasteiger partial charge on any atom is 0.408 e. The van der Waals surface area contributed by atoms with Gasteiger partial charge in [0, 0.05) is 12.2 Å². The molecule has 3 amide bonds. The van der Waals surface area contributed by atoms with Crippen molar-refractivity contribution in [3.8, 4) is 0 Å². The predicted octanol–water partition coefficient (Wildman–Crippen LogP) is 7.04. The number of hydrogen-bond donors (Lipinski definition) is 2. The molecule has 2 aromatic rings. The molecule has 40 heavy (non-hydrogen) atoms. The third-order valence-corrected chi connectivity index (χ3v) is 7.14. The molecule has 220 valence electrons. The maximum atomic E-state index is 14.3. The summed E-state index contributed by atoms with van der Waals surface area (Å²) < 4.78 is 5.48. The molecule has 0 saturated heterocycles. The highest BCUT2D eigenvalue weighted by molar-refractivity contribution is 7.98. The average molecular weight is 570 g/mol. The van der Waals surface area contributed by atoms with Crippen LogP contribution in [0.5, 0.6) is 0 Å². The molecule has 8 heteroatoms. The van der Waals surface area contributed by atoms with E-state index in [-0.39, 0.29) is 11.8 Å². The molecule has 2 rings (SSSR count). The van der Waals surface area contributed by atoms with E-state index in [0.717, 1.165) is 42.4 Å². The lowest BCUT2D eigenvalue weighted by molar-refractivity contribution is -0.141. The Bertz CT molecular complexity index is 1100. The van der Waals surface area contributed by atoms with Crippen LogP contribution in [-0.4, -0.2) is 53.0 Å². The highest BCUT2D eigenvalue weighted by Crippen LogP contribution is 2.27. The van der Waals surface area contributed by atoms with Gasteiger partial charge < -0.3 is 20.3 Å². The van der Waals surface area contributed by atoms with Crippen molar-refractivity contribution < 1.29 is 19.1 Å². The van der Waals surface area contributed by atoms with Gasteiger partial charge in [-0.25, -0.2) is 4.79 Å². The standard InChI is InChI=1S/C32H47N3O4S/c1-8-9-10-13-21-35(30(37)27(20-22-40-7)34-31(38)39-32(4,5)6)28(25-18-16-23(2)17-19-25)29(36)33-26-15-12-11-14-24(26)3/h11-12,14-19,27-28H,8-10,13,20-22H2,1-7H3,(H,33,36)(H,34,38). The third kappa shape index (κ3) is 10.9. The first kappa shape index (κ1) is 33.2. The van der Waals surface area contributed by atoms with E-state index in [4.69, 9.17) is 4.74 Å². The van der Waals surface area contributed by atoms with Crippen LogP contribution >= 0.6 is 11.8 Å². The molecule has 0 aliphatic carbocycles. The van der Waals surface area contributed by atoms with Gasteiger partial charge in [0.2, 0.25) is 5.91 Å². The van der Waals surface area contributed by atoms with Crippen LogP contribution in [0.25, 0.3) is 0 Å². The summed E-state index contributed by atoms with van der Waals surface area (Å²) in [6.07, 6.45) is 5.52. The van der Waals surface area contributed by atoms with Crippen LogP contribution in [0.3, 0.4) is 0 Å². The number of anilines is 1. The van der Waals surface area contributed by atoms with Gasteiger partial charge in [-0.1, -0.05) is 74.2 Å². The molecule has 2 unspecified atom stereocenters. The van der Waals surface area contributed by atoms with Gasteiger partial charge in [0.1, 0.15) is 17.7 Å². The number of nitrogens with one attached hydrogen (secondary N) is 2. The van der Waals surface area contributed by atoms with Gasteiger partial charge >= 0.3 is 6.09 Å². The van der Waals surface area contributed by atoms with E-state index in [9.17, 15) is 14.4 Å². The van der Waals surface area contributed by atoms with Gasteiger partial charge in [-0.15, -0.1) is 0 Å². The number of ether oxygens (including phenoxy) is 1. The molecule has 0 heterocycles. The lowest BCUT2D eigenvalue weighted by Gasteiger charge is -2.35. The van der Waals surface area contributed by atoms with Crippen LogP contribution in [-0.2, 0) is 14.3 Å². The number of amides is 3. The molecular weight excluding hydrogens is 522 g/mol. The first-order chi connectivity index (χ1) is 19.0. The molecule has 7 nitrogen and oxygen atoms in total. The quantitative estimate of drug-likeness (QED) is 0.238. The van der Waals surface area contributed by atoms with E-state index < -0.39 is 23.8 Å². The fourth-order valence-electron chi connectivity index (χ4n) is 4.35. The van der Waals surface area contributed by atoms with Gasteiger partial charge in [-0.3, -0.25) is 9.59 Å². The van der Waals surface area contributed by atoms with Crippen molar-refractivity contribution >= 4 is 35.4 Å². The first-order valence-electron chi connectivity index (χ1n) is 14.2. The Morgan fingerprint density at radius 1 is 0.975 bits per heavy atom. The second-order valence-electron chi connectivity index (χ2n) is 11.2. The Kier molecular flexibility index (Phi) is 13.5. The molecule has 2 N–H and O–H groups in total. The predicted molar refractivity (Wildman–Crippen MR) is 166 cm³/mol. The van der Waals surface area contributed by atoms with Crippen molar-refractivity contribution in [2.75, 3.05) is 23.9 Å². The number of para-hydroxylation sites is 1. The number of thioether (sulfide) groups is 1. The van der Waals surface area contributed by atoms with E-state index in [1.54, 1.807) is 37.4 Å². The third-order valence-electron chi connectivity index (χ3n) is 6.49. The minimum atomic E-state index is -0.869. The van der Waals surface area contributed by atoms with E-state index in [0.29, 0.717) is 24.4 Å². The van der Waals surface area contributed by atoms with Crippen molar-refractivity contribution in [1.29, 1.82) is 0 Å². The molecule has 0 fully saturated rings. The number of carbonyl (C=O) groups excluding carboxylic acids is 3. The number of unbranched alkanes of at least 4 members (excludes halogenated alkanes) is 3. The van der Waals surface area contributed by atoms with E-state index >= 15 is 0 Å². The number of carbonyl (C=O) groups is 3. The van der Waals surface area contributed by atoms with Crippen molar-refractivity contribution in [1.82, 2.24) is 10.2 Å². The van der Waals surface area contributed by atoms with Crippen LogP contribution in [0.2, 0.25) is 0 Å². The van der Waals surface area contributed by atoms with Crippen molar-refractivity contribution in [2.24, 2.45) is 0 Å². The Morgan fingerprint density at radius 3 is 2.25 bits per heavy atom. The normalized spacial score (nSPS) is 12.8. The SMILES string of the molecule is CCCCCCN(C(=O)C(CCSC)NC(=O)OC(C)(C)C)C(C(=O)Nc1ccccc1C)c1ccc(C)cc1. The fraction of sp³-hybridized carbons (Fsp3) is 0.531. The molecule has 0 radical (unpaired) electrons. The molecular formula is C32H47N3O4S. The second-order valence-corrected chi connectivity index (χ2v) is 12.2. The molecule has 2 atom stereocenters. The fourth-order valence-corrected chi connectivity index (χ4v) is 4.83. The Balaban J connectivity index is 2.51. The number of benzene rings is 2. The van der Waals surface area contributed by atoms with Crippen LogP contribution in [0.1, 0.15) is 82.5 Å². The van der Waals surface area contributed by atoms with Crippen LogP contribution in [0.4, 0.5) is 10.5 Å². The van der Waals surface area contributed by atoms with Gasteiger partial charge in [0.05, 0.1) is 0 Å². The average Bonchev–Trinajstić information content (AvgIpc) is 2.89. The largest absolute Gasteiger partial charge is 0.444 e. The van der Waals surface area contributed by atoms with Crippen molar-refractivity contribution in [3.63, 3.8) is 0 Å². The maximum absolute atomic E-state index is 14.3. The smallest absolute Gasteiger partial charge is 0.408 e. The molecule has 0 bridgehead atoms. The summed E-state index contributed by atoms with van der Waals surface area (Å²) in [5.41, 5.74) is 2.72. The van der Waals surface area contributed by atoms with Crippen LogP contribution in [0.15, 0.2) is 48.5 Å². The molecule has 2 aromatic carbocycles. The molecule has 0 saturated carbocycles. The molecule has 0 aliphatic rings. The summed E-state index contributed by atoms with van der Waals surface area (Å²) in [6, 6.07) is 13.6. The summed E-state index contributed by atoms with van der Waals surface area (Å²) >= 11 is 1.60. The molecule has 0 spiro atoms. The summed E-state index contributed by atoms with van der Waals surface area (Å²) in [4.78, 5) is 42.7. The number of aryl methyl sites for hydroxylation is 2. The van der Waals surface area contributed by atoms with E-state index in [2.05, 4.69) is 17.6 Å². The lowest BCUT2D eigenvalue weighted by Crippen LogP contribution is -2.52. The number of hydrogen-bond acceptors (Lipinski definition) is 5. The van der Waals surface area contributed by atoms with Gasteiger partial charge in [0.15, 0.2) is 0 Å². The summed E-state index contributed by atoms with van der Waals surface area (Å²) in [5.74, 6) is 0.0883. The van der Waals surface area contributed by atoms with E-state index in [1.165, 1.54) is 0 Å². The number of alkyl carbamates (subject to hydrolysis) is 1. The van der Waals surface area contributed by atoms with Crippen LogP contribution in [0, 0.1) is 13.8 Å². The zero-order chi connectivity index (χ0) is 29.7. The lowest BCUT2D eigenvalue weighted by atomic mass is 10.00. The van der Waals surface area contributed by atoms with Crippen LogP contribution < -0.4 is 10.6 Å². The van der Waals surface area contributed by atoms with Crippen molar-refractivity contribution in [3.05, 3.63) is 65.2 Å². The Morgan fingerprint density at radius 2 is 1.65 bits per heavy atom. The zero-order valence-electron chi connectivity index (χ0n) is 25.2. The Labute approximate surface area is 244 Å². The van der Waals surface area contributed by atoms with Gasteiger partial charge in [-0.2, -0.15) is 11.8 Å². The summed E-state index contributed by atoms with van der Waals surface area (Å²) in [6.45, 7) is 11.8. The zero-order valence-corrected chi connectivity index (χ0v) is 26.0. The first-order valence-corrected chi connectivity index (χ1v) is 15.6. The summed E-state index contributed by atoms with van der Waals surface area (Å²) in [5, 5.41) is 5.87. The van der Waals surface area contributed by atoms with Gasteiger partial charge in [-0.05, 0) is 76.7 Å². The minimum Gasteiger partial charge on any atom is -0.444 e. The summed E-state index contributed by atoms with van der Waals surface area (Å²) in [7, 11) is 0. The minimum absolute atomic E-state index is 0.289. The highest BCUT2D eigenvalue weighted by atomic mass is 32.2. The second kappa shape index (κ2) is 16.3. The topological polar surface area (TPSA) is 87.7 Å². The molecule has 0 aliphatic heterocycles. The van der Waals surface area contributed by atoms with E-state index in [1.807, 2.05) is 68.6 Å². The van der Waals surface area contributed by atoms with Gasteiger partial charge in [0.25, 0.3) is 5.91 Å². The number of nitrogens with zero attached hydrogens (tertiary/aromatic N) is 1. The Hall–Kier alpha value is -3.00.